The van der Waals surface area contributed by atoms with Gasteiger partial charge < -0.3 is 5.32 Å². The van der Waals surface area contributed by atoms with E-state index >= 15 is 0 Å². The standard InChI is InChI=1S/C15H15N3O4S2/c1-10-5-3-4-6-13(10)18-23(19,20)12-7-8-14-15(9-12)24(21,22)17-11(2)16-14/h3-9,18H,1-2H3,(H,16,17). The number of hydrogen-bond donors (Lipinski definition) is 2. The van der Waals surface area contributed by atoms with Crippen LogP contribution in [0.3, 0.4) is 0 Å². The van der Waals surface area contributed by atoms with E-state index in [4.69, 9.17) is 0 Å². The number of nitrogens with one attached hydrogen (secondary N) is 2. The van der Waals surface area contributed by atoms with Gasteiger partial charge in [0, 0.05) is 0 Å². The zero-order valence-electron chi connectivity index (χ0n) is 12.9. The van der Waals surface area contributed by atoms with Gasteiger partial charge in [0.05, 0.1) is 16.3 Å². The summed E-state index contributed by atoms with van der Waals surface area (Å²) < 4.78 is 55.4. The minimum atomic E-state index is -3.92. The Hall–Kier alpha value is -2.39. The van der Waals surface area contributed by atoms with Gasteiger partial charge in [0.1, 0.15) is 10.7 Å². The quantitative estimate of drug-likeness (QED) is 0.868. The molecule has 1 heterocycles. The summed E-state index contributed by atoms with van der Waals surface area (Å²) >= 11 is 0. The van der Waals surface area contributed by atoms with Gasteiger partial charge in [-0.1, -0.05) is 18.2 Å². The Morgan fingerprint density at radius 3 is 2.50 bits per heavy atom. The van der Waals surface area contributed by atoms with E-state index in [1.807, 2.05) is 0 Å². The minimum absolute atomic E-state index is 0.148. The van der Waals surface area contributed by atoms with Crippen LogP contribution in [0.1, 0.15) is 12.5 Å². The van der Waals surface area contributed by atoms with Gasteiger partial charge in [-0.05, 0) is 43.7 Å². The Bertz CT molecular complexity index is 1060. The average molecular weight is 365 g/mol. The van der Waals surface area contributed by atoms with E-state index in [2.05, 4.69) is 14.4 Å². The number of sulfonamides is 2. The van der Waals surface area contributed by atoms with Crippen LogP contribution in [0.25, 0.3) is 0 Å². The highest BCUT2D eigenvalue weighted by atomic mass is 32.2. The second-order valence-electron chi connectivity index (χ2n) is 5.36. The molecule has 0 spiro atoms. The lowest BCUT2D eigenvalue weighted by atomic mass is 10.2. The SMILES string of the molecule is CC1=NS(=O)(=O)c2cc(S(=O)(=O)Nc3ccccc3C)ccc2N1. The first-order valence-electron chi connectivity index (χ1n) is 7.00. The molecule has 0 fully saturated rings. The van der Waals surface area contributed by atoms with Crippen LogP contribution in [0.15, 0.2) is 56.7 Å². The normalized spacial score (nSPS) is 15.8. The summed E-state index contributed by atoms with van der Waals surface area (Å²) in [6.45, 7) is 3.29. The molecule has 2 N–H and O–H groups in total. The summed E-state index contributed by atoms with van der Waals surface area (Å²) in [6, 6.07) is 10.8. The first kappa shape index (κ1) is 16.5. The lowest BCUT2D eigenvalue weighted by Crippen LogP contribution is -2.20. The van der Waals surface area contributed by atoms with Crippen LogP contribution in [0, 0.1) is 6.92 Å². The molecule has 0 radical (unpaired) electrons. The molecule has 0 aliphatic carbocycles. The highest BCUT2D eigenvalue weighted by molar-refractivity contribution is 7.93. The number of nitrogens with zero attached hydrogens (tertiary/aromatic N) is 1. The lowest BCUT2D eigenvalue weighted by Gasteiger charge is -2.17. The molecule has 0 unspecified atom stereocenters. The number of anilines is 2. The van der Waals surface area contributed by atoms with Gasteiger partial charge in [0.25, 0.3) is 20.0 Å². The van der Waals surface area contributed by atoms with Crippen molar-refractivity contribution in [2.75, 3.05) is 10.0 Å². The summed E-state index contributed by atoms with van der Waals surface area (Å²) in [5.41, 5.74) is 1.50. The van der Waals surface area contributed by atoms with E-state index in [1.54, 1.807) is 31.2 Å². The van der Waals surface area contributed by atoms with E-state index in [-0.39, 0.29) is 15.6 Å². The molecular weight excluding hydrogens is 350 g/mol. The summed E-state index contributed by atoms with van der Waals surface area (Å²) in [6.07, 6.45) is 0. The predicted octanol–water partition coefficient (Wildman–Crippen LogP) is 2.33. The third-order valence-electron chi connectivity index (χ3n) is 3.50. The van der Waals surface area contributed by atoms with E-state index in [0.29, 0.717) is 11.4 Å². The number of hydrogen-bond acceptors (Lipinski definition) is 5. The van der Waals surface area contributed by atoms with Crippen LogP contribution < -0.4 is 10.0 Å². The van der Waals surface area contributed by atoms with E-state index in [9.17, 15) is 16.8 Å². The van der Waals surface area contributed by atoms with Crippen molar-refractivity contribution >= 4 is 37.3 Å². The molecule has 3 rings (SSSR count). The van der Waals surface area contributed by atoms with E-state index < -0.39 is 20.0 Å². The van der Waals surface area contributed by atoms with Crippen molar-refractivity contribution in [1.82, 2.24) is 0 Å². The number of rotatable bonds is 3. The maximum Gasteiger partial charge on any atom is 0.286 e. The number of amidine groups is 1. The molecule has 0 amide bonds. The van der Waals surface area contributed by atoms with Gasteiger partial charge in [0.2, 0.25) is 0 Å². The maximum atomic E-state index is 12.6. The molecule has 1 aliphatic rings. The fourth-order valence-electron chi connectivity index (χ4n) is 2.32. The van der Waals surface area contributed by atoms with Crippen LogP contribution in [0.5, 0.6) is 0 Å². The Morgan fingerprint density at radius 2 is 1.79 bits per heavy atom. The monoisotopic (exact) mass is 365 g/mol. The van der Waals surface area contributed by atoms with E-state index in [0.717, 1.165) is 11.6 Å². The van der Waals surface area contributed by atoms with Gasteiger partial charge in [-0.25, -0.2) is 8.42 Å². The predicted molar refractivity (Wildman–Crippen MR) is 92.3 cm³/mol. The molecule has 0 bridgehead atoms. The van der Waals surface area contributed by atoms with Crippen LogP contribution in [-0.4, -0.2) is 22.7 Å². The maximum absolute atomic E-state index is 12.6. The molecule has 2 aromatic rings. The Kier molecular flexibility index (Phi) is 3.84. The topological polar surface area (TPSA) is 105 Å². The van der Waals surface area contributed by atoms with Gasteiger partial charge in [-0.15, -0.1) is 4.40 Å². The van der Waals surface area contributed by atoms with Crippen LogP contribution in [0.2, 0.25) is 0 Å². The Labute approximate surface area is 140 Å². The Morgan fingerprint density at radius 1 is 1.08 bits per heavy atom. The second-order valence-corrected chi connectivity index (χ2v) is 8.61. The average Bonchev–Trinajstić information content (AvgIpc) is 2.48. The van der Waals surface area contributed by atoms with Crippen molar-refractivity contribution in [3.8, 4) is 0 Å². The fraction of sp³-hybridized carbons (Fsp3) is 0.133. The lowest BCUT2D eigenvalue weighted by molar-refractivity contribution is 0.597. The van der Waals surface area contributed by atoms with Crippen LogP contribution in [0.4, 0.5) is 11.4 Å². The van der Waals surface area contributed by atoms with Crippen molar-refractivity contribution in [2.45, 2.75) is 23.6 Å². The van der Waals surface area contributed by atoms with Gasteiger partial charge >= 0.3 is 0 Å². The molecule has 0 aromatic heterocycles. The molecule has 1 aliphatic heterocycles. The third kappa shape index (κ3) is 3.00. The number of benzene rings is 2. The molecule has 0 saturated heterocycles. The summed E-state index contributed by atoms with van der Waals surface area (Å²) in [5, 5.41) is 2.81. The van der Waals surface area contributed by atoms with Crippen molar-refractivity contribution in [3.63, 3.8) is 0 Å². The largest absolute Gasteiger partial charge is 0.342 e. The summed E-state index contributed by atoms with van der Waals surface area (Å²) in [4.78, 5) is -0.314. The molecule has 9 heteroatoms. The van der Waals surface area contributed by atoms with Crippen LogP contribution >= 0.6 is 0 Å². The smallest absolute Gasteiger partial charge is 0.286 e. The Balaban J connectivity index is 2.05. The first-order valence-corrected chi connectivity index (χ1v) is 9.92. The van der Waals surface area contributed by atoms with Gasteiger partial charge in [-0.3, -0.25) is 4.72 Å². The molecule has 2 aromatic carbocycles. The van der Waals surface area contributed by atoms with Crippen molar-refractivity contribution < 1.29 is 16.8 Å². The fourth-order valence-corrected chi connectivity index (χ4v) is 4.73. The zero-order chi connectivity index (χ0) is 17.5. The summed E-state index contributed by atoms with van der Waals surface area (Å²) in [5.74, 6) is 0.233. The summed E-state index contributed by atoms with van der Waals surface area (Å²) in [7, 11) is -7.85. The molecule has 7 nitrogen and oxygen atoms in total. The third-order valence-corrected chi connectivity index (χ3v) is 6.27. The highest BCUT2D eigenvalue weighted by Gasteiger charge is 2.26. The zero-order valence-corrected chi connectivity index (χ0v) is 14.6. The number of para-hydroxylation sites is 1. The van der Waals surface area contributed by atoms with E-state index in [1.165, 1.54) is 19.1 Å². The highest BCUT2D eigenvalue weighted by Crippen LogP contribution is 2.30. The minimum Gasteiger partial charge on any atom is -0.342 e. The van der Waals surface area contributed by atoms with Crippen LogP contribution in [-0.2, 0) is 20.0 Å². The van der Waals surface area contributed by atoms with Crippen molar-refractivity contribution in [2.24, 2.45) is 4.40 Å². The van der Waals surface area contributed by atoms with Crippen molar-refractivity contribution in [3.05, 3.63) is 48.0 Å². The number of aryl methyl sites for hydroxylation is 1. The molecule has 24 heavy (non-hydrogen) atoms. The molecule has 126 valence electrons. The van der Waals surface area contributed by atoms with Gasteiger partial charge in [0.15, 0.2) is 0 Å². The first-order chi connectivity index (χ1) is 11.2. The molecular formula is C15H15N3O4S2. The molecule has 0 saturated carbocycles. The van der Waals surface area contributed by atoms with Gasteiger partial charge in [-0.2, -0.15) is 8.42 Å². The van der Waals surface area contributed by atoms with Crippen molar-refractivity contribution in [1.29, 1.82) is 0 Å². The second kappa shape index (κ2) is 5.60. The number of fused-ring (bicyclic) bond motifs is 1. The molecule has 0 atom stereocenters.